The van der Waals surface area contributed by atoms with Crippen LogP contribution in [0.3, 0.4) is 0 Å². The molecule has 5 aromatic carbocycles. The van der Waals surface area contributed by atoms with Gasteiger partial charge in [0, 0.05) is 27.8 Å². The van der Waals surface area contributed by atoms with Gasteiger partial charge >= 0.3 is 0 Å². The van der Waals surface area contributed by atoms with Gasteiger partial charge in [-0.1, -0.05) is 149 Å². The summed E-state index contributed by atoms with van der Waals surface area (Å²) < 4.78 is 0. The van der Waals surface area contributed by atoms with Gasteiger partial charge in [0.1, 0.15) is 0 Å². The average Bonchev–Trinajstić information content (AvgIpc) is 2.98. The summed E-state index contributed by atoms with van der Waals surface area (Å²) >= 11 is 0. The monoisotopic (exact) mass is 529 g/mol. The molecule has 0 saturated heterocycles. The highest BCUT2D eigenvalue weighted by molar-refractivity contribution is 6.04. The second-order valence-corrected chi connectivity index (χ2v) is 11.3. The van der Waals surface area contributed by atoms with Gasteiger partial charge in [0.2, 0.25) is 0 Å². The number of nitrogens with zero attached hydrogens (tertiary/aromatic N) is 1. The summed E-state index contributed by atoms with van der Waals surface area (Å²) in [5.74, 6) is 0. The van der Waals surface area contributed by atoms with Gasteiger partial charge in [-0.2, -0.15) is 0 Å². The van der Waals surface area contributed by atoms with E-state index in [9.17, 15) is 0 Å². The number of aromatic nitrogens is 1. The molecule has 1 aromatic heterocycles. The van der Waals surface area contributed by atoms with Crippen molar-refractivity contribution >= 4 is 0 Å². The molecule has 200 valence electrons. The van der Waals surface area contributed by atoms with Crippen LogP contribution in [0.1, 0.15) is 27.8 Å². The zero-order valence-corrected chi connectivity index (χ0v) is 24.5. The first kappa shape index (κ1) is 26.5. The molecule has 1 nitrogen and oxygen atoms in total. The van der Waals surface area contributed by atoms with Gasteiger partial charge in [0.25, 0.3) is 0 Å². The first-order chi connectivity index (χ1) is 19.9. The van der Waals surface area contributed by atoms with Gasteiger partial charge in [-0.3, -0.25) is 0 Å². The second kappa shape index (κ2) is 11.0. The van der Waals surface area contributed by atoms with E-state index in [1.165, 1.54) is 38.9 Å². The molecule has 0 saturated carbocycles. The predicted molar refractivity (Wildman–Crippen MR) is 175 cm³/mol. The Balaban J connectivity index is 1.83. The molecular weight excluding hydrogens is 494 g/mol. The van der Waals surface area contributed by atoms with Gasteiger partial charge in [-0.05, 0) is 51.3 Å². The molecule has 0 spiro atoms. The lowest BCUT2D eigenvalue weighted by atomic mass is 9.83. The quantitative estimate of drug-likeness (QED) is 0.216. The first-order valence-corrected chi connectivity index (χ1v) is 14.3. The average molecular weight is 530 g/mol. The standard InChI is InChI=1S/C40H35N/c1-26-6-16-31(17-7-26)36-37(32-18-8-27(2)9-19-32)39(34-22-12-29(4)13-23-34)41-40(35-24-14-30(5)15-25-35)38(36)33-20-10-28(3)11-21-33/h6-25H,1-5H3. The molecule has 6 rings (SSSR count). The highest BCUT2D eigenvalue weighted by Crippen LogP contribution is 2.48. The summed E-state index contributed by atoms with van der Waals surface area (Å²) in [6.07, 6.45) is 0. The molecule has 0 amide bonds. The van der Waals surface area contributed by atoms with E-state index in [2.05, 4.69) is 156 Å². The first-order valence-electron chi connectivity index (χ1n) is 14.3. The summed E-state index contributed by atoms with van der Waals surface area (Å²) in [4.78, 5) is 5.57. The Bertz CT molecular complexity index is 1690. The molecule has 0 atom stereocenters. The highest BCUT2D eigenvalue weighted by atomic mass is 14.7. The topological polar surface area (TPSA) is 12.9 Å². The van der Waals surface area contributed by atoms with Crippen LogP contribution in [0.15, 0.2) is 121 Å². The van der Waals surface area contributed by atoms with Crippen LogP contribution in [0.5, 0.6) is 0 Å². The number of benzene rings is 5. The van der Waals surface area contributed by atoms with Crippen molar-refractivity contribution in [3.8, 4) is 55.9 Å². The highest BCUT2D eigenvalue weighted by Gasteiger charge is 2.25. The Hall–Kier alpha value is -4.75. The molecule has 0 bridgehead atoms. The lowest BCUT2D eigenvalue weighted by Crippen LogP contribution is -2.02. The third-order valence-corrected chi connectivity index (χ3v) is 7.87. The maximum Gasteiger partial charge on any atom is 0.0794 e. The fraction of sp³-hybridized carbons (Fsp3) is 0.125. The van der Waals surface area contributed by atoms with Crippen LogP contribution in [-0.2, 0) is 0 Å². The molecule has 0 radical (unpaired) electrons. The van der Waals surface area contributed by atoms with Crippen molar-refractivity contribution in [1.29, 1.82) is 0 Å². The minimum atomic E-state index is 0.996. The molecule has 6 aromatic rings. The summed E-state index contributed by atoms with van der Waals surface area (Å²) in [6.45, 7) is 10.7. The smallest absolute Gasteiger partial charge is 0.0794 e. The van der Waals surface area contributed by atoms with E-state index in [1.807, 2.05) is 0 Å². The van der Waals surface area contributed by atoms with E-state index in [0.29, 0.717) is 0 Å². The molecular formula is C40H35N. The molecule has 0 aliphatic heterocycles. The zero-order valence-electron chi connectivity index (χ0n) is 24.5. The lowest BCUT2D eigenvalue weighted by molar-refractivity contribution is 1.31. The van der Waals surface area contributed by atoms with Crippen molar-refractivity contribution in [1.82, 2.24) is 4.98 Å². The molecule has 1 heterocycles. The Labute approximate surface area is 244 Å². The van der Waals surface area contributed by atoms with Crippen LogP contribution in [0.2, 0.25) is 0 Å². The Morgan fingerprint density at radius 1 is 0.268 bits per heavy atom. The van der Waals surface area contributed by atoms with E-state index >= 15 is 0 Å². The van der Waals surface area contributed by atoms with E-state index < -0.39 is 0 Å². The lowest BCUT2D eigenvalue weighted by Gasteiger charge is -2.23. The number of hydrogen-bond acceptors (Lipinski definition) is 1. The Kier molecular flexibility index (Phi) is 7.12. The van der Waals surface area contributed by atoms with E-state index in [0.717, 1.165) is 44.8 Å². The van der Waals surface area contributed by atoms with Gasteiger partial charge < -0.3 is 0 Å². The summed E-state index contributed by atoms with van der Waals surface area (Å²) in [5.41, 5.74) is 17.5. The van der Waals surface area contributed by atoms with Gasteiger partial charge in [-0.25, -0.2) is 4.98 Å². The fourth-order valence-electron chi connectivity index (χ4n) is 5.44. The van der Waals surface area contributed by atoms with Crippen LogP contribution in [-0.4, -0.2) is 4.98 Å². The Morgan fingerprint density at radius 2 is 0.488 bits per heavy atom. The molecule has 41 heavy (non-hydrogen) atoms. The van der Waals surface area contributed by atoms with E-state index in [-0.39, 0.29) is 0 Å². The van der Waals surface area contributed by atoms with Crippen molar-refractivity contribution in [2.45, 2.75) is 34.6 Å². The summed E-state index contributed by atoms with van der Waals surface area (Å²) in [6, 6.07) is 44.3. The van der Waals surface area contributed by atoms with Gasteiger partial charge in [0.05, 0.1) is 11.4 Å². The summed E-state index contributed by atoms with van der Waals surface area (Å²) in [5, 5.41) is 0. The number of aryl methyl sites for hydroxylation is 5. The van der Waals surface area contributed by atoms with E-state index in [4.69, 9.17) is 4.98 Å². The number of hydrogen-bond donors (Lipinski definition) is 0. The van der Waals surface area contributed by atoms with Crippen molar-refractivity contribution in [3.05, 3.63) is 149 Å². The van der Waals surface area contributed by atoms with Gasteiger partial charge in [-0.15, -0.1) is 0 Å². The van der Waals surface area contributed by atoms with Crippen LogP contribution in [0, 0.1) is 34.6 Å². The molecule has 1 heteroatoms. The van der Waals surface area contributed by atoms with Crippen LogP contribution >= 0.6 is 0 Å². The van der Waals surface area contributed by atoms with Crippen molar-refractivity contribution < 1.29 is 0 Å². The fourth-order valence-corrected chi connectivity index (χ4v) is 5.44. The van der Waals surface area contributed by atoms with Crippen LogP contribution < -0.4 is 0 Å². The molecule has 0 N–H and O–H groups in total. The van der Waals surface area contributed by atoms with Crippen molar-refractivity contribution in [2.24, 2.45) is 0 Å². The number of rotatable bonds is 5. The normalized spacial score (nSPS) is 11.0. The van der Waals surface area contributed by atoms with E-state index in [1.54, 1.807) is 0 Å². The number of pyridine rings is 1. The van der Waals surface area contributed by atoms with Crippen LogP contribution in [0.4, 0.5) is 0 Å². The third-order valence-electron chi connectivity index (χ3n) is 7.87. The van der Waals surface area contributed by atoms with Crippen LogP contribution in [0.25, 0.3) is 55.9 Å². The maximum absolute atomic E-state index is 5.57. The second-order valence-electron chi connectivity index (χ2n) is 11.3. The SMILES string of the molecule is Cc1ccc(-c2nc(-c3ccc(C)cc3)c(-c3ccc(C)cc3)c(-c3ccc(C)cc3)c2-c2ccc(C)cc2)cc1. The minimum Gasteiger partial charge on any atom is -0.246 e. The largest absolute Gasteiger partial charge is 0.246 e. The molecule has 0 aliphatic carbocycles. The molecule has 0 aliphatic rings. The minimum absolute atomic E-state index is 0.996. The maximum atomic E-state index is 5.57. The van der Waals surface area contributed by atoms with Crippen molar-refractivity contribution in [3.63, 3.8) is 0 Å². The molecule has 0 fully saturated rings. The zero-order chi connectivity index (χ0) is 28.5. The summed E-state index contributed by atoms with van der Waals surface area (Å²) in [7, 11) is 0. The van der Waals surface area contributed by atoms with Crippen molar-refractivity contribution in [2.75, 3.05) is 0 Å². The molecule has 0 unspecified atom stereocenters. The Morgan fingerprint density at radius 3 is 0.756 bits per heavy atom. The predicted octanol–water partition coefficient (Wildman–Crippen LogP) is 11.0. The third kappa shape index (κ3) is 5.36. The van der Waals surface area contributed by atoms with Gasteiger partial charge in [0.15, 0.2) is 0 Å².